The monoisotopic (exact) mass is 575 g/mol. The van der Waals surface area contributed by atoms with E-state index in [0.717, 1.165) is 77.7 Å². The first-order valence-electron chi connectivity index (χ1n) is 15.0. The molecule has 0 atom stereocenters. The second kappa shape index (κ2) is 10.2. The van der Waals surface area contributed by atoms with Crippen LogP contribution in [0.25, 0.3) is 83.5 Å². The summed E-state index contributed by atoms with van der Waals surface area (Å²) in [5.74, 6) is 0.697. The zero-order valence-electron chi connectivity index (χ0n) is 24.2. The Kier molecular flexibility index (Phi) is 5.74. The van der Waals surface area contributed by atoms with E-state index < -0.39 is 0 Å². The molecule has 0 aliphatic carbocycles. The third kappa shape index (κ3) is 4.25. The number of pyridine rings is 2. The quantitative estimate of drug-likeness (QED) is 0.210. The van der Waals surface area contributed by atoms with Crippen LogP contribution in [0.1, 0.15) is 0 Å². The Hall–Kier alpha value is -6.20. The van der Waals surface area contributed by atoms with Crippen molar-refractivity contribution in [2.45, 2.75) is 0 Å². The second-order valence-corrected chi connectivity index (χ2v) is 11.2. The van der Waals surface area contributed by atoms with Crippen LogP contribution in [0.4, 0.5) is 0 Å². The zero-order valence-corrected chi connectivity index (χ0v) is 24.2. The van der Waals surface area contributed by atoms with Crippen molar-refractivity contribution in [1.29, 1.82) is 0 Å². The van der Waals surface area contributed by atoms with Crippen LogP contribution in [-0.4, -0.2) is 24.3 Å². The third-order valence-corrected chi connectivity index (χ3v) is 8.40. The molecule has 0 N–H and O–H groups in total. The van der Waals surface area contributed by atoms with Gasteiger partial charge in [-0.25, -0.2) is 19.9 Å². The van der Waals surface area contributed by atoms with Crippen molar-refractivity contribution < 1.29 is 0 Å². The minimum atomic E-state index is 0.697. The number of para-hydroxylation sites is 1. The number of nitrogens with zero attached hydrogens (tertiary/aromatic N) is 5. The molecule has 0 aliphatic rings. The lowest BCUT2D eigenvalue weighted by Crippen LogP contribution is -1.96. The maximum atomic E-state index is 5.23. The average molecular weight is 576 g/mol. The molecule has 210 valence electrons. The summed E-state index contributed by atoms with van der Waals surface area (Å²) in [4.78, 5) is 20.4. The van der Waals surface area contributed by atoms with Crippen LogP contribution in [-0.2, 0) is 0 Å². The summed E-state index contributed by atoms with van der Waals surface area (Å²) in [6.07, 6.45) is 2.02. The highest BCUT2D eigenvalue weighted by Gasteiger charge is 2.17. The lowest BCUT2D eigenvalue weighted by atomic mass is 9.98. The predicted molar refractivity (Wildman–Crippen MR) is 183 cm³/mol. The van der Waals surface area contributed by atoms with Crippen molar-refractivity contribution in [2.75, 3.05) is 0 Å². The molecule has 5 heteroatoms. The number of hydrogen-bond donors (Lipinski definition) is 0. The van der Waals surface area contributed by atoms with E-state index >= 15 is 0 Å². The lowest BCUT2D eigenvalue weighted by Gasteiger charge is -2.12. The molecule has 0 bridgehead atoms. The van der Waals surface area contributed by atoms with Crippen molar-refractivity contribution >= 4 is 38.5 Å². The highest BCUT2D eigenvalue weighted by molar-refractivity contribution is 6.09. The van der Waals surface area contributed by atoms with Gasteiger partial charge in [0, 0.05) is 39.0 Å². The van der Waals surface area contributed by atoms with E-state index in [1.807, 2.05) is 42.6 Å². The molecule has 0 spiro atoms. The van der Waals surface area contributed by atoms with Crippen molar-refractivity contribution in [2.24, 2.45) is 0 Å². The zero-order chi connectivity index (χ0) is 29.7. The number of imidazole rings is 1. The van der Waals surface area contributed by atoms with Gasteiger partial charge in [-0.3, -0.25) is 4.40 Å². The SMILES string of the molecule is c1ccc(-c2cccc(-c3nc(-c4cccc(-c5nc6c(nc7ccccn76)c6ccccc56)c4)c4ccccc4n3)c2)cc1. The molecule has 0 radical (unpaired) electrons. The number of aromatic nitrogens is 5. The Balaban J connectivity index is 1.24. The molecule has 9 aromatic rings. The fourth-order valence-electron chi connectivity index (χ4n) is 6.26. The van der Waals surface area contributed by atoms with Gasteiger partial charge in [0.15, 0.2) is 11.5 Å². The first-order chi connectivity index (χ1) is 22.3. The highest BCUT2D eigenvalue weighted by Crippen LogP contribution is 2.36. The summed E-state index contributed by atoms with van der Waals surface area (Å²) >= 11 is 0. The Morgan fingerprint density at radius 2 is 1.02 bits per heavy atom. The predicted octanol–water partition coefficient (Wildman–Crippen LogP) is 9.65. The number of fused-ring (bicyclic) bond motifs is 6. The van der Waals surface area contributed by atoms with Gasteiger partial charge in [0.2, 0.25) is 0 Å². The Morgan fingerprint density at radius 3 is 1.87 bits per heavy atom. The average Bonchev–Trinajstić information content (AvgIpc) is 3.50. The molecule has 0 amide bonds. The standard InChI is InChI=1S/C40H25N5/c1-2-12-26(13-3-1)27-14-10-17-30(24-27)39-41-34-21-7-6-20-33(34)37(43-39)29-16-11-15-28(25-29)36-31-18-4-5-19-32(31)38-40(44-36)45-23-9-8-22-35(45)42-38/h1-25H. The fraction of sp³-hybridized carbons (Fsp3) is 0. The topological polar surface area (TPSA) is 56.0 Å². The van der Waals surface area contributed by atoms with E-state index in [9.17, 15) is 0 Å². The molecule has 0 fully saturated rings. The van der Waals surface area contributed by atoms with E-state index in [1.54, 1.807) is 0 Å². The maximum absolute atomic E-state index is 5.23. The van der Waals surface area contributed by atoms with Crippen LogP contribution in [0.2, 0.25) is 0 Å². The Morgan fingerprint density at radius 1 is 0.400 bits per heavy atom. The summed E-state index contributed by atoms with van der Waals surface area (Å²) < 4.78 is 2.06. The number of benzene rings is 5. The molecule has 9 rings (SSSR count). The molecule has 4 aromatic heterocycles. The van der Waals surface area contributed by atoms with Crippen LogP contribution in [0.5, 0.6) is 0 Å². The molecular weight excluding hydrogens is 550 g/mol. The Bertz CT molecular complexity index is 2550. The summed E-state index contributed by atoms with van der Waals surface area (Å²) in [5, 5.41) is 3.16. The van der Waals surface area contributed by atoms with Crippen LogP contribution < -0.4 is 0 Å². The van der Waals surface area contributed by atoms with Gasteiger partial charge in [-0.15, -0.1) is 0 Å². The lowest BCUT2D eigenvalue weighted by molar-refractivity contribution is 1.19. The van der Waals surface area contributed by atoms with Crippen LogP contribution in [0.15, 0.2) is 152 Å². The van der Waals surface area contributed by atoms with Gasteiger partial charge in [0.05, 0.1) is 16.9 Å². The number of hydrogen-bond acceptors (Lipinski definition) is 4. The molecule has 0 saturated heterocycles. The summed E-state index contributed by atoms with van der Waals surface area (Å²) in [6.45, 7) is 0. The van der Waals surface area contributed by atoms with E-state index in [1.165, 1.54) is 0 Å². The van der Waals surface area contributed by atoms with Gasteiger partial charge < -0.3 is 0 Å². The molecule has 0 saturated carbocycles. The van der Waals surface area contributed by atoms with Crippen molar-refractivity contribution in [3.05, 3.63) is 152 Å². The highest BCUT2D eigenvalue weighted by atomic mass is 15.1. The summed E-state index contributed by atoms with van der Waals surface area (Å²) in [7, 11) is 0. The van der Waals surface area contributed by atoms with Crippen LogP contribution >= 0.6 is 0 Å². The molecule has 45 heavy (non-hydrogen) atoms. The molecule has 4 heterocycles. The van der Waals surface area contributed by atoms with Gasteiger partial charge in [-0.1, -0.05) is 115 Å². The van der Waals surface area contributed by atoms with E-state index in [0.29, 0.717) is 5.82 Å². The van der Waals surface area contributed by atoms with Crippen LogP contribution in [0, 0.1) is 0 Å². The summed E-state index contributed by atoms with van der Waals surface area (Å²) in [5.41, 5.74) is 10.6. The molecule has 0 unspecified atom stereocenters. The normalized spacial score (nSPS) is 11.6. The molecule has 0 aliphatic heterocycles. The third-order valence-electron chi connectivity index (χ3n) is 8.40. The van der Waals surface area contributed by atoms with Gasteiger partial charge in [-0.2, -0.15) is 0 Å². The molecule has 5 nitrogen and oxygen atoms in total. The second-order valence-electron chi connectivity index (χ2n) is 11.2. The van der Waals surface area contributed by atoms with Gasteiger partial charge >= 0.3 is 0 Å². The van der Waals surface area contributed by atoms with Gasteiger partial charge in [0.1, 0.15) is 11.2 Å². The van der Waals surface area contributed by atoms with E-state index in [-0.39, 0.29) is 0 Å². The van der Waals surface area contributed by atoms with Crippen molar-refractivity contribution in [1.82, 2.24) is 24.3 Å². The molecule has 5 aromatic carbocycles. The Labute approximate surface area is 259 Å². The van der Waals surface area contributed by atoms with E-state index in [2.05, 4.69) is 114 Å². The summed E-state index contributed by atoms with van der Waals surface area (Å²) in [6, 6.07) is 50.0. The minimum absolute atomic E-state index is 0.697. The first-order valence-corrected chi connectivity index (χ1v) is 15.0. The van der Waals surface area contributed by atoms with Crippen molar-refractivity contribution in [3.63, 3.8) is 0 Å². The fourth-order valence-corrected chi connectivity index (χ4v) is 6.26. The smallest absolute Gasteiger partial charge is 0.165 e. The molecular formula is C40H25N5. The maximum Gasteiger partial charge on any atom is 0.165 e. The van der Waals surface area contributed by atoms with Gasteiger partial charge in [0.25, 0.3) is 0 Å². The van der Waals surface area contributed by atoms with Gasteiger partial charge in [-0.05, 0) is 41.5 Å². The van der Waals surface area contributed by atoms with E-state index in [4.69, 9.17) is 19.9 Å². The van der Waals surface area contributed by atoms with Crippen molar-refractivity contribution in [3.8, 4) is 45.0 Å². The minimum Gasteiger partial charge on any atom is -0.284 e. The van der Waals surface area contributed by atoms with Crippen LogP contribution in [0.3, 0.4) is 0 Å². The largest absolute Gasteiger partial charge is 0.284 e. The first kappa shape index (κ1) is 25.3. The number of rotatable bonds is 4.